The van der Waals surface area contributed by atoms with E-state index in [1.807, 2.05) is 24.4 Å². The van der Waals surface area contributed by atoms with Gasteiger partial charge in [0, 0.05) is 4.88 Å². The second-order valence-electron chi connectivity index (χ2n) is 4.88. The Balaban J connectivity index is 2.34. The molecule has 0 aliphatic heterocycles. The zero-order chi connectivity index (χ0) is 16.3. The zero-order valence-corrected chi connectivity index (χ0v) is 13.9. The van der Waals surface area contributed by atoms with Crippen LogP contribution in [0.3, 0.4) is 0 Å². The van der Waals surface area contributed by atoms with E-state index in [4.69, 9.17) is 5.11 Å². The summed E-state index contributed by atoms with van der Waals surface area (Å²) in [6, 6.07) is 7.54. The molecule has 2 N–H and O–H groups in total. The first-order valence-electron chi connectivity index (χ1n) is 6.75. The van der Waals surface area contributed by atoms with Crippen LogP contribution in [0, 0.1) is 6.92 Å². The van der Waals surface area contributed by atoms with Crippen molar-refractivity contribution in [3.8, 4) is 0 Å². The van der Waals surface area contributed by atoms with Crippen LogP contribution < -0.4 is 4.72 Å². The van der Waals surface area contributed by atoms with E-state index in [9.17, 15) is 13.2 Å². The molecule has 0 amide bonds. The fourth-order valence-corrected chi connectivity index (χ4v) is 4.35. The first kappa shape index (κ1) is 16.7. The van der Waals surface area contributed by atoms with E-state index in [2.05, 4.69) is 4.72 Å². The molecular formula is C15H17NO4S2. The molecule has 0 bridgehead atoms. The molecule has 5 nitrogen and oxygen atoms in total. The number of aryl methyl sites for hydroxylation is 1. The smallest absolute Gasteiger partial charge is 0.335 e. The summed E-state index contributed by atoms with van der Waals surface area (Å²) >= 11 is 1.48. The minimum absolute atomic E-state index is 0.00736. The van der Waals surface area contributed by atoms with E-state index in [0.717, 1.165) is 4.88 Å². The SMILES string of the molecule is CCC(NS(=O)(=O)c1ccc(C)c(C(=O)O)c1)c1cccs1. The van der Waals surface area contributed by atoms with Crippen LogP contribution in [0.15, 0.2) is 40.6 Å². The van der Waals surface area contributed by atoms with Gasteiger partial charge in [0.2, 0.25) is 10.0 Å². The number of carboxylic acid groups (broad SMARTS) is 1. The molecule has 0 saturated heterocycles. The standard InChI is InChI=1S/C15H17NO4S2/c1-3-13(14-5-4-8-21-14)16-22(19,20)11-7-6-10(2)12(9-11)15(17)18/h4-9,13,16H,3H2,1-2H3,(H,17,18). The highest BCUT2D eigenvalue weighted by Crippen LogP contribution is 2.24. The van der Waals surface area contributed by atoms with Crippen molar-refractivity contribution in [2.24, 2.45) is 0 Å². The highest BCUT2D eigenvalue weighted by atomic mass is 32.2. The first-order valence-corrected chi connectivity index (χ1v) is 9.11. The van der Waals surface area contributed by atoms with Crippen LogP contribution in [0.1, 0.15) is 40.2 Å². The Bertz CT molecular complexity index is 767. The van der Waals surface area contributed by atoms with Gasteiger partial charge in [-0.2, -0.15) is 0 Å². The summed E-state index contributed by atoms with van der Waals surface area (Å²) in [6.07, 6.45) is 0.609. The lowest BCUT2D eigenvalue weighted by molar-refractivity contribution is 0.0696. The topological polar surface area (TPSA) is 83.5 Å². The molecule has 0 radical (unpaired) electrons. The van der Waals surface area contributed by atoms with Gasteiger partial charge in [-0.05, 0) is 42.5 Å². The number of thiophene rings is 1. The average molecular weight is 339 g/mol. The van der Waals surface area contributed by atoms with Gasteiger partial charge in [0.15, 0.2) is 0 Å². The third-order valence-corrected chi connectivity index (χ3v) is 5.80. The highest BCUT2D eigenvalue weighted by molar-refractivity contribution is 7.89. The lowest BCUT2D eigenvalue weighted by Crippen LogP contribution is -2.28. The van der Waals surface area contributed by atoms with E-state index in [0.29, 0.717) is 12.0 Å². The molecule has 1 aromatic carbocycles. The van der Waals surface area contributed by atoms with Crippen molar-refractivity contribution < 1.29 is 18.3 Å². The number of benzene rings is 1. The maximum absolute atomic E-state index is 12.5. The molecule has 7 heteroatoms. The second kappa shape index (κ2) is 6.60. The van der Waals surface area contributed by atoms with Gasteiger partial charge in [-0.3, -0.25) is 0 Å². The average Bonchev–Trinajstić information content (AvgIpc) is 2.98. The summed E-state index contributed by atoms with van der Waals surface area (Å²) < 4.78 is 27.6. The molecule has 1 unspecified atom stereocenters. The summed E-state index contributed by atoms with van der Waals surface area (Å²) in [5, 5.41) is 11.0. The molecule has 118 valence electrons. The molecule has 1 atom stereocenters. The van der Waals surface area contributed by atoms with Crippen LogP contribution in [0.2, 0.25) is 0 Å². The Morgan fingerprint density at radius 2 is 2.09 bits per heavy atom. The number of carboxylic acids is 1. The third-order valence-electron chi connectivity index (χ3n) is 3.34. The van der Waals surface area contributed by atoms with Crippen molar-refractivity contribution in [2.45, 2.75) is 31.2 Å². The Hall–Kier alpha value is -1.70. The maximum atomic E-state index is 12.5. The van der Waals surface area contributed by atoms with Crippen LogP contribution >= 0.6 is 11.3 Å². The second-order valence-corrected chi connectivity index (χ2v) is 7.57. The van der Waals surface area contributed by atoms with Crippen molar-refractivity contribution in [3.63, 3.8) is 0 Å². The Morgan fingerprint density at radius 3 is 2.64 bits per heavy atom. The number of rotatable bonds is 6. The van der Waals surface area contributed by atoms with Gasteiger partial charge < -0.3 is 5.11 Å². The Labute approximate surface area is 133 Å². The maximum Gasteiger partial charge on any atom is 0.335 e. The van der Waals surface area contributed by atoms with E-state index >= 15 is 0 Å². The number of hydrogen-bond donors (Lipinski definition) is 2. The number of carbonyl (C=O) groups is 1. The summed E-state index contributed by atoms with van der Waals surface area (Å²) in [4.78, 5) is 12.0. The Morgan fingerprint density at radius 1 is 1.36 bits per heavy atom. The molecule has 0 aliphatic carbocycles. The van der Waals surface area contributed by atoms with Gasteiger partial charge in [-0.25, -0.2) is 17.9 Å². The molecule has 1 heterocycles. The van der Waals surface area contributed by atoms with Gasteiger partial charge in [0.1, 0.15) is 0 Å². The van der Waals surface area contributed by atoms with E-state index in [-0.39, 0.29) is 16.5 Å². The fraction of sp³-hybridized carbons (Fsp3) is 0.267. The number of nitrogens with one attached hydrogen (secondary N) is 1. The molecule has 0 fully saturated rings. The number of aromatic carboxylic acids is 1. The van der Waals surface area contributed by atoms with E-state index in [1.165, 1.54) is 29.5 Å². The highest BCUT2D eigenvalue weighted by Gasteiger charge is 2.22. The van der Waals surface area contributed by atoms with Crippen LogP contribution in [-0.4, -0.2) is 19.5 Å². The molecule has 0 spiro atoms. The van der Waals surface area contributed by atoms with Crippen LogP contribution in [0.5, 0.6) is 0 Å². The van der Waals surface area contributed by atoms with Gasteiger partial charge >= 0.3 is 5.97 Å². The van der Waals surface area contributed by atoms with Crippen molar-refractivity contribution in [1.29, 1.82) is 0 Å². The van der Waals surface area contributed by atoms with Gasteiger partial charge in [-0.1, -0.05) is 19.1 Å². The number of hydrogen-bond acceptors (Lipinski definition) is 4. The molecule has 2 rings (SSSR count). The monoisotopic (exact) mass is 339 g/mol. The molecule has 22 heavy (non-hydrogen) atoms. The Kier molecular flexibility index (Phi) is 5.00. The van der Waals surface area contributed by atoms with Crippen LogP contribution in [0.4, 0.5) is 0 Å². The van der Waals surface area contributed by atoms with Crippen molar-refractivity contribution in [1.82, 2.24) is 4.72 Å². The van der Waals surface area contributed by atoms with Crippen molar-refractivity contribution >= 4 is 27.3 Å². The lowest BCUT2D eigenvalue weighted by atomic mass is 10.1. The lowest BCUT2D eigenvalue weighted by Gasteiger charge is -2.16. The zero-order valence-electron chi connectivity index (χ0n) is 12.2. The molecule has 1 aromatic heterocycles. The minimum atomic E-state index is -3.78. The summed E-state index contributed by atoms with van der Waals surface area (Å²) in [6.45, 7) is 3.53. The third kappa shape index (κ3) is 3.55. The molecule has 2 aromatic rings. The van der Waals surface area contributed by atoms with Crippen molar-refractivity contribution in [2.75, 3.05) is 0 Å². The largest absolute Gasteiger partial charge is 0.478 e. The van der Waals surface area contributed by atoms with Crippen LogP contribution in [-0.2, 0) is 10.0 Å². The fourth-order valence-electron chi connectivity index (χ4n) is 2.09. The van der Waals surface area contributed by atoms with E-state index < -0.39 is 16.0 Å². The quantitative estimate of drug-likeness (QED) is 0.846. The predicted octanol–water partition coefficient (Wildman–Crippen LogP) is 3.18. The van der Waals surface area contributed by atoms with Gasteiger partial charge in [0.05, 0.1) is 16.5 Å². The molecule has 0 aliphatic rings. The first-order chi connectivity index (χ1) is 10.3. The van der Waals surface area contributed by atoms with Gasteiger partial charge in [0.25, 0.3) is 0 Å². The number of sulfonamides is 1. The summed E-state index contributed by atoms with van der Waals surface area (Å²) in [5.74, 6) is -1.14. The van der Waals surface area contributed by atoms with Crippen LogP contribution in [0.25, 0.3) is 0 Å². The van der Waals surface area contributed by atoms with Crippen molar-refractivity contribution in [3.05, 3.63) is 51.7 Å². The van der Waals surface area contributed by atoms with E-state index in [1.54, 1.807) is 6.92 Å². The predicted molar refractivity (Wildman–Crippen MR) is 85.8 cm³/mol. The normalized spacial score (nSPS) is 13.0. The molecular weight excluding hydrogens is 322 g/mol. The van der Waals surface area contributed by atoms with Gasteiger partial charge in [-0.15, -0.1) is 11.3 Å². The summed E-state index contributed by atoms with van der Waals surface area (Å²) in [7, 11) is -3.78. The molecule has 0 saturated carbocycles. The minimum Gasteiger partial charge on any atom is -0.478 e. The summed E-state index contributed by atoms with van der Waals surface area (Å²) in [5.41, 5.74) is 0.517.